The Morgan fingerprint density at radius 3 is 2.26 bits per heavy atom. The molecule has 0 atom stereocenters. The van der Waals surface area contributed by atoms with Crippen LogP contribution in [0.3, 0.4) is 0 Å². The Labute approximate surface area is 331 Å². The number of aromatic nitrogens is 6. The van der Waals surface area contributed by atoms with Crippen LogP contribution in [-0.2, 0) is 44.2 Å². The van der Waals surface area contributed by atoms with Crippen LogP contribution < -0.4 is 14.3 Å². The summed E-state index contributed by atoms with van der Waals surface area (Å²) in [5.41, 5.74) is 4.38. The van der Waals surface area contributed by atoms with Gasteiger partial charge in [-0.05, 0) is 92.6 Å². The summed E-state index contributed by atoms with van der Waals surface area (Å²) in [5, 5.41) is 2.91. The van der Waals surface area contributed by atoms with Crippen molar-refractivity contribution in [2.24, 2.45) is 0 Å². The highest BCUT2D eigenvalue weighted by molar-refractivity contribution is 7.93. The third-order valence-electron chi connectivity index (χ3n) is 12.2. The Morgan fingerprint density at radius 2 is 1.49 bits per heavy atom. The number of carbonyl (C=O) groups excluding carboxylic acids is 1. The molecule has 5 heterocycles. The lowest BCUT2D eigenvalue weighted by Crippen LogP contribution is -2.27. The first-order chi connectivity index (χ1) is 27.6. The Bertz CT molecular complexity index is 2780. The van der Waals surface area contributed by atoms with Crippen LogP contribution in [0.1, 0.15) is 112 Å². The summed E-state index contributed by atoms with van der Waals surface area (Å²) in [6.07, 6.45) is 14.4. The zero-order chi connectivity index (χ0) is 38.9. The molecule has 3 aromatic carbocycles. The maximum atomic E-state index is 15.4. The normalized spacial score (nSPS) is 18.1. The standard InChI is InChI=1S/C41H45N9O5S2/c51-37-18-13-27-20-30(15-17-31(27)43-37)57(54,55)50(29-14-16-32-33(23-29)45-40(44-32)25-8-3-1-4-9-25)35-22-28(48-56(52,53)38-24-42-36-12-7-19-49(36)38)21-34-39(35)47-41(46-34)26-10-5-2-6-11-26/h14-17,20-26,48H,1-13,18-19H2,(H,43,51)(H,44,45)(H,46,47). The van der Waals surface area contributed by atoms with Gasteiger partial charge >= 0.3 is 0 Å². The molecule has 3 aromatic heterocycles. The predicted molar refractivity (Wildman–Crippen MR) is 218 cm³/mol. The summed E-state index contributed by atoms with van der Waals surface area (Å²) in [4.78, 5) is 33.6. The molecule has 2 aliphatic carbocycles. The zero-order valence-corrected chi connectivity index (χ0v) is 33.2. The molecular weight excluding hydrogens is 763 g/mol. The molecule has 4 aliphatic rings. The fourth-order valence-corrected chi connectivity index (χ4v) is 12.0. The lowest BCUT2D eigenvalue weighted by atomic mass is 9.89. The van der Waals surface area contributed by atoms with Crippen molar-refractivity contribution in [2.45, 2.75) is 118 Å². The third kappa shape index (κ3) is 6.55. The average molecular weight is 808 g/mol. The lowest BCUT2D eigenvalue weighted by molar-refractivity contribution is -0.116. The molecule has 14 nitrogen and oxygen atoms in total. The molecule has 1 amide bonds. The van der Waals surface area contributed by atoms with Crippen molar-refractivity contribution in [1.82, 2.24) is 29.5 Å². The van der Waals surface area contributed by atoms with Gasteiger partial charge in [0.15, 0.2) is 5.03 Å². The van der Waals surface area contributed by atoms with Crippen molar-refractivity contribution in [3.8, 4) is 0 Å². The fourth-order valence-electron chi connectivity index (χ4n) is 9.30. The molecule has 57 heavy (non-hydrogen) atoms. The number of hydrogen-bond donors (Lipinski definition) is 4. The Hall–Kier alpha value is -5.22. The van der Waals surface area contributed by atoms with Gasteiger partial charge < -0.3 is 19.9 Å². The van der Waals surface area contributed by atoms with E-state index in [-0.39, 0.29) is 39.5 Å². The quantitative estimate of drug-likeness (QED) is 0.114. The van der Waals surface area contributed by atoms with Gasteiger partial charge in [-0.2, -0.15) is 8.42 Å². The van der Waals surface area contributed by atoms with Gasteiger partial charge in [0.1, 0.15) is 23.0 Å². The van der Waals surface area contributed by atoms with E-state index in [0.29, 0.717) is 53.2 Å². The van der Waals surface area contributed by atoms with Gasteiger partial charge in [-0.3, -0.25) is 9.52 Å². The molecule has 2 saturated carbocycles. The highest BCUT2D eigenvalue weighted by Crippen LogP contribution is 2.43. The van der Waals surface area contributed by atoms with Gasteiger partial charge in [-0.15, -0.1) is 0 Å². The minimum Gasteiger partial charge on any atom is -0.342 e. The number of nitrogens with one attached hydrogen (secondary N) is 4. The summed E-state index contributed by atoms with van der Waals surface area (Å²) < 4.78 is 64.6. The van der Waals surface area contributed by atoms with Gasteiger partial charge in [0.25, 0.3) is 20.0 Å². The summed E-state index contributed by atoms with van der Waals surface area (Å²) in [7, 11) is -8.54. The van der Waals surface area contributed by atoms with Crippen molar-refractivity contribution in [1.29, 1.82) is 0 Å². The van der Waals surface area contributed by atoms with E-state index in [1.165, 1.54) is 23.0 Å². The van der Waals surface area contributed by atoms with Gasteiger partial charge in [0.05, 0.1) is 44.7 Å². The van der Waals surface area contributed by atoms with Gasteiger partial charge in [0, 0.05) is 36.9 Å². The average Bonchev–Trinajstić information content (AvgIpc) is 4.02. The number of aromatic amines is 2. The molecule has 296 valence electrons. The van der Waals surface area contributed by atoms with E-state index in [0.717, 1.165) is 92.8 Å². The van der Waals surface area contributed by atoms with Crippen molar-refractivity contribution in [3.05, 3.63) is 77.8 Å². The molecule has 0 bridgehead atoms. The molecule has 10 rings (SSSR count). The molecule has 2 aliphatic heterocycles. The largest absolute Gasteiger partial charge is 0.342 e. The maximum absolute atomic E-state index is 15.4. The van der Waals surface area contributed by atoms with Crippen LogP contribution in [-0.4, -0.2) is 52.2 Å². The fraction of sp³-hybridized carbons (Fsp3) is 0.415. The molecule has 4 N–H and O–H groups in total. The number of anilines is 4. The number of hydrogen-bond acceptors (Lipinski definition) is 8. The number of aryl methyl sites for hydroxylation is 2. The number of rotatable bonds is 9. The summed E-state index contributed by atoms with van der Waals surface area (Å²) in [5.74, 6) is 2.74. The highest BCUT2D eigenvalue weighted by atomic mass is 32.2. The maximum Gasteiger partial charge on any atom is 0.279 e. The minimum absolute atomic E-state index is 0.0296. The van der Waals surface area contributed by atoms with Crippen LogP contribution in [0.5, 0.6) is 0 Å². The molecular formula is C41H45N9O5S2. The van der Waals surface area contributed by atoms with Crippen LogP contribution in [0.2, 0.25) is 0 Å². The van der Waals surface area contributed by atoms with E-state index < -0.39 is 20.0 Å². The van der Waals surface area contributed by atoms with E-state index in [9.17, 15) is 13.2 Å². The second-order valence-corrected chi connectivity index (χ2v) is 19.4. The van der Waals surface area contributed by atoms with Crippen molar-refractivity contribution < 1.29 is 21.6 Å². The number of nitrogens with zero attached hydrogens (tertiary/aromatic N) is 5. The Morgan fingerprint density at radius 1 is 0.754 bits per heavy atom. The number of imidazole rings is 3. The Kier molecular flexibility index (Phi) is 8.88. The van der Waals surface area contributed by atoms with Gasteiger partial charge in [-0.1, -0.05) is 38.5 Å². The first-order valence-corrected chi connectivity index (χ1v) is 23.1. The van der Waals surface area contributed by atoms with Crippen molar-refractivity contribution >= 4 is 70.8 Å². The minimum atomic E-state index is -4.41. The van der Waals surface area contributed by atoms with Crippen LogP contribution in [0.4, 0.5) is 22.7 Å². The predicted octanol–water partition coefficient (Wildman–Crippen LogP) is 7.89. The first kappa shape index (κ1) is 36.1. The smallest absolute Gasteiger partial charge is 0.279 e. The van der Waals surface area contributed by atoms with E-state index >= 15 is 8.42 Å². The first-order valence-electron chi connectivity index (χ1n) is 20.2. The van der Waals surface area contributed by atoms with Crippen LogP contribution in [0, 0.1) is 0 Å². The zero-order valence-electron chi connectivity index (χ0n) is 31.6. The Balaban J connectivity index is 1.16. The second kappa shape index (κ2) is 14.0. The van der Waals surface area contributed by atoms with Crippen LogP contribution in [0.15, 0.2) is 64.6 Å². The van der Waals surface area contributed by atoms with Crippen LogP contribution >= 0.6 is 0 Å². The number of fused-ring (bicyclic) bond motifs is 4. The number of amides is 1. The number of benzene rings is 3. The summed E-state index contributed by atoms with van der Waals surface area (Å²) >= 11 is 0. The number of carbonyl (C=O) groups is 1. The lowest BCUT2D eigenvalue weighted by Gasteiger charge is -2.26. The van der Waals surface area contributed by atoms with E-state index in [1.807, 2.05) is 6.07 Å². The molecule has 16 heteroatoms. The van der Waals surface area contributed by atoms with Crippen molar-refractivity contribution in [3.63, 3.8) is 0 Å². The number of sulfonamides is 2. The molecule has 2 fully saturated rings. The van der Waals surface area contributed by atoms with E-state index in [2.05, 4.69) is 25.0 Å². The van der Waals surface area contributed by atoms with Crippen LogP contribution in [0.25, 0.3) is 22.1 Å². The molecule has 0 unspecified atom stereocenters. The molecule has 6 aromatic rings. The second-order valence-electron chi connectivity index (χ2n) is 16.0. The van der Waals surface area contributed by atoms with E-state index in [1.54, 1.807) is 41.0 Å². The van der Waals surface area contributed by atoms with Gasteiger partial charge in [-0.25, -0.2) is 27.7 Å². The number of H-pyrrole nitrogens is 2. The summed E-state index contributed by atoms with van der Waals surface area (Å²) in [6.45, 7) is 0.552. The van der Waals surface area contributed by atoms with Crippen molar-refractivity contribution in [2.75, 3.05) is 14.3 Å². The molecule has 0 radical (unpaired) electrons. The summed E-state index contributed by atoms with van der Waals surface area (Å²) in [6, 6.07) is 13.4. The van der Waals surface area contributed by atoms with E-state index in [4.69, 9.17) is 9.97 Å². The molecule has 0 spiro atoms. The monoisotopic (exact) mass is 807 g/mol. The topological polar surface area (TPSA) is 188 Å². The highest BCUT2D eigenvalue weighted by Gasteiger charge is 2.34. The van der Waals surface area contributed by atoms with Gasteiger partial charge in [0.2, 0.25) is 5.91 Å². The molecule has 0 saturated heterocycles. The third-order valence-corrected chi connectivity index (χ3v) is 15.3. The SMILES string of the molecule is O=C1CCc2cc(S(=O)(=O)N(c3ccc4nc(C5CCCCC5)[nH]c4c3)c3cc(NS(=O)(=O)c4cnc5n4CCC5)cc4[nH]c(C5CCCCC5)nc34)ccc2N1.